The lowest BCUT2D eigenvalue weighted by atomic mass is 10.2. The van der Waals surface area contributed by atoms with E-state index in [4.69, 9.17) is 15.6 Å². The minimum absolute atomic E-state index is 0.417. The Morgan fingerprint density at radius 3 is 2.81 bits per heavy atom. The van der Waals surface area contributed by atoms with E-state index < -0.39 is 12.1 Å². The molecule has 0 amide bonds. The molecule has 1 unspecified atom stereocenters. The number of hydrogen-bond donors (Lipinski definition) is 2. The summed E-state index contributed by atoms with van der Waals surface area (Å²) in [6, 6.07) is 3.50. The molecule has 0 radical (unpaired) electrons. The first-order valence-corrected chi connectivity index (χ1v) is 5.21. The van der Waals surface area contributed by atoms with Gasteiger partial charge in [-0.2, -0.15) is 0 Å². The Kier molecular flexibility index (Phi) is 4.72. The maximum absolute atomic E-state index is 10.7. The smallest absolute Gasteiger partial charge is 0.344 e. The van der Waals surface area contributed by atoms with E-state index in [1.165, 1.54) is 6.20 Å². The first-order valence-electron chi connectivity index (χ1n) is 5.21. The molecule has 0 saturated carbocycles. The molecule has 1 aromatic rings. The molecule has 1 rings (SSSR count). The van der Waals surface area contributed by atoms with Crippen LogP contribution in [0.25, 0.3) is 0 Å². The van der Waals surface area contributed by atoms with Crippen molar-refractivity contribution in [1.82, 2.24) is 4.98 Å². The number of hydrogen-bond acceptors (Lipinski definition) is 4. The van der Waals surface area contributed by atoms with Crippen LogP contribution < -0.4 is 10.5 Å². The Morgan fingerprint density at radius 2 is 2.38 bits per heavy atom. The molecule has 88 valence electrons. The molecular weight excluding hydrogens is 208 g/mol. The van der Waals surface area contributed by atoms with Gasteiger partial charge in [-0.05, 0) is 25.1 Å². The third-order valence-corrected chi connectivity index (χ3v) is 2.12. The molecule has 0 bridgehead atoms. The third kappa shape index (κ3) is 3.51. The predicted octanol–water partition coefficient (Wildman–Crippen LogP) is 0.825. The van der Waals surface area contributed by atoms with E-state index in [1.54, 1.807) is 19.1 Å². The van der Waals surface area contributed by atoms with E-state index in [9.17, 15) is 4.79 Å². The van der Waals surface area contributed by atoms with Crippen LogP contribution in [-0.4, -0.2) is 28.7 Å². The summed E-state index contributed by atoms with van der Waals surface area (Å²) >= 11 is 0. The topological polar surface area (TPSA) is 85.4 Å². The van der Waals surface area contributed by atoms with Crippen LogP contribution >= 0.6 is 0 Å². The quantitative estimate of drug-likeness (QED) is 0.747. The van der Waals surface area contributed by atoms with Crippen LogP contribution in [0.1, 0.15) is 19.0 Å². The van der Waals surface area contributed by atoms with Gasteiger partial charge in [0.05, 0.1) is 6.20 Å². The first kappa shape index (κ1) is 12.4. The molecule has 1 heterocycles. The second-order valence-electron chi connectivity index (χ2n) is 3.38. The van der Waals surface area contributed by atoms with Crippen LogP contribution in [0.15, 0.2) is 18.3 Å². The fourth-order valence-corrected chi connectivity index (χ4v) is 1.25. The summed E-state index contributed by atoms with van der Waals surface area (Å²) in [7, 11) is 0. The minimum Gasteiger partial charge on any atom is -0.479 e. The second-order valence-corrected chi connectivity index (χ2v) is 3.38. The SMILES string of the molecule is CCC(Oc1ccc(CCN)nc1)C(=O)O. The number of carboxylic acids is 1. The largest absolute Gasteiger partial charge is 0.479 e. The number of nitrogens with zero attached hydrogens (tertiary/aromatic N) is 1. The van der Waals surface area contributed by atoms with Gasteiger partial charge in [0.1, 0.15) is 5.75 Å². The summed E-state index contributed by atoms with van der Waals surface area (Å²) in [6.45, 7) is 2.30. The van der Waals surface area contributed by atoms with Gasteiger partial charge in [0.2, 0.25) is 0 Å². The van der Waals surface area contributed by atoms with E-state index in [1.807, 2.05) is 0 Å². The lowest BCUT2D eigenvalue weighted by molar-refractivity contribution is -0.145. The van der Waals surface area contributed by atoms with Crippen molar-refractivity contribution in [3.63, 3.8) is 0 Å². The molecule has 5 nitrogen and oxygen atoms in total. The van der Waals surface area contributed by atoms with E-state index in [2.05, 4.69) is 4.98 Å². The monoisotopic (exact) mass is 224 g/mol. The van der Waals surface area contributed by atoms with Crippen molar-refractivity contribution in [2.45, 2.75) is 25.9 Å². The van der Waals surface area contributed by atoms with Crippen molar-refractivity contribution in [3.05, 3.63) is 24.0 Å². The third-order valence-electron chi connectivity index (χ3n) is 2.12. The molecule has 1 aromatic heterocycles. The average Bonchev–Trinajstić information content (AvgIpc) is 2.28. The number of aliphatic carboxylic acids is 1. The van der Waals surface area contributed by atoms with Gasteiger partial charge in [-0.3, -0.25) is 4.98 Å². The van der Waals surface area contributed by atoms with Crippen LogP contribution in [0.5, 0.6) is 5.75 Å². The van der Waals surface area contributed by atoms with Crippen LogP contribution in [0.3, 0.4) is 0 Å². The van der Waals surface area contributed by atoms with Gasteiger partial charge in [0.25, 0.3) is 0 Å². The zero-order chi connectivity index (χ0) is 12.0. The zero-order valence-electron chi connectivity index (χ0n) is 9.22. The van der Waals surface area contributed by atoms with Crippen molar-refractivity contribution < 1.29 is 14.6 Å². The number of carboxylic acid groups (broad SMARTS) is 1. The molecular formula is C11H16N2O3. The van der Waals surface area contributed by atoms with Gasteiger partial charge >= 0.3 is 5.97 Å². The average molecular weight is 224 g/mol. The Hall–Kier alpha value is -1.62. The molecule has 0 spiro atoms. The van der Waals surface area contributed by atoms with Gasteiger partial charge in [-0.25, -0.2) is 4.79 Å². The highest BCUT2D eigenvalue weighted by molar-refractivity contribution is 5.72. The number of nitrogens with two attached hydrogens (primary N) is 1. The maximum atomic E-state index is 10.7. The Bertz CT molecular complexity index is 338. The summed E-state index contributed by atoms with van der Waals surface area (Å²) in [4.78, 5) is 14.9. The standard InChI is InChI=1S/C11H16N2O3/c1-2-10(11(14)15)16-9-4-3-8(5-6-12)13-7-9/h3-4,7,10H,2,5-6,12H2,1H3,(H,14,15). The predicted molar refractivity (Wildman–Crippen MR) is 59.3 cm³/mol. The summed E-state index contributed by atoms with van der Waals surface area (Å²) in [5.74, 6) is -0.497. The molecule has 0 fully saturated rings. The second kappa shape index (κ2) is 6.07. The summed E-state index contributed by atoms with van der Waals surface area (Å²) in [6.07, 6.45) is 1.83. The molecule has 16 heavy (non-hydrogen) atoms. The van der Waals surface area contributed by atoms with Gasteiger partial charge in [0.15, 0.2) is 6.10 Å². The number of aromatic nitrogens is 1. The highest BCUT2D eigenvalue weighted by atomic mass is 16.5. The molecule has 5 heteroatoms. The summed E-state index contributed by atoms with van der Waals surface area (Å²) < 4.78 is 5.26. The van der Waals surface area contributed by atoms with Crippen LogP contribution in [0.4, 0.5) is 0 Å². The zero-order valence-corrected chi connectivity index (χ0v) is 9.22. The maximum Gasteiger partial charge on any atom is 0.344 e. The number of rotatable bonds is 6. The summed E-state index contributed by atoms with van der Waals surface area (Å²) in [5.41, 5.74) is 6.26. The molecule has 1 atom stereocenters. The van der Waals surface area contributed by atoms with Crippen molar-refractivity contribution in [1.29, 1.82) is 0 Å². The molecule has 0 aromatic carbocycles. The van der Waals surface area contributed by atoms with Crippen molar-refractivity contribution in [2.75, 3.05) is 6.54 Å². The summed E-state index contributed by atoms with van der Waals surface area (Å²) in [5, 5.41) is 8.81. The van der Waals surface area contributed by atoms with E-state index in [0.717, 1.165) is 5.69 Å². The van der Waals surface area contributed by atoms with Gasteiger partial charge in [-0.15, -0.1) is 0 Å². The molecule has 0 aliphatic heterocycles. The molecule has 0 aliphatic rings. The molecule has 0 saturated heterocycles. The minimum atomic E-state index is -0.964. The van der Waals surface area contributed by atoms with Gasteiger partial charge in [-0.1, -0.05) is 6.92 Å². The van der Waals surface area contributed by atoms with Crippen molar-refractivity contribution >= 4 is 5.97 Å². The van der Waals surface area contributed by atoms with Crippen molar-refractivity contribution in [3.8, 4) is 5.75 Å². The lowest BCUT2D eigenvalue weighted by Gasteiger charge is -2.12. The fourth-order valence-electron chi connectivity index (χ4n) is 1.25. The number of pyridine rings is 1. The Balaban J connectivity index is 2.63. The van der Waals surface area contributed by atoms with Crippen LogP contribution in [0, 0.1) is 0 Å². The fraction of sp³-hybridized carbons (Fsp3) is 0.455. The van der Waals surface area contributed by atoms with Crippen LogP contribution in [-0.2, 0) is 11.2 Å². The van der Waals surface area contributed by atoms with Gasteiger partial charge < -0.3 is 15.6 Å². The molecule has 3 N–H and O–H groups in total. The van der Waals surface area contributed by atoms with Crippen molar-refractivity contribution in [2.24, 2.45) is 5.73 Å². The van der Waals surface area contributed by atoms with E-state index in [-0.39, 0.29) is 0 Å². The normalized spacial score (nSPS) is 12.1. The highest BCUT2D eigenvalue weighted by Gasteiger charge is 2.16. The first-order chi connectivity index (χ1) is 7.67. The van der Waals surface area contributed by atoms with Gasteiger partial charge in [0, 0.05) is 12.1 Å². The number of ether oxygens (including phenoxy) is 1. The van der Waals surface area contributed by atoms with E-state index >= 15 is 0 Å². The van der Waals surface area contributed by atoms with E-state index in [0.29, 0.717) is 25.1 Å². The van der Waals surface area contributed by atoms with Crippen LogP contribution in [0.2, 0.25) is 0 Å². The number of carbonyl (C=O) groups is 1. The Morgan fingerprint density at radius 1 is 1.62 bits per heavy atom. The molecule has 0 aliphatic carbocycles. The Labute approximate surface area is 94.2 Å². The lowest BCUT2D eigenvalue weighted by Crippen LogP contribution is -2.25. The highest BCUT2D eigenvalue weighted by Crippen LogP contribution is 2.13.